The molecule has 212 valence electrons. The molecule has 0 spiro atoms. The van der Waals surface area contributed by atoms with Crippen molar-refractivity contribution < 1.29 is 36.6 Å². The molecule has 0 heterocycles. The van der Waals surface area contributed by atoms with Crippen LogP contribution in [0.3, 0.4) is 0 Å². The molecule has 0 aromatic heterocycles. The fraction of sp³-hybridized carbons (Fsp3) is 0.115. The van der Waals surface area contributed by atoms with Gasteiger partial charge < -0.3 is 24.3 Å². The minimum atomic E-state index is -4.34. The van der Waals surface area contributed by atoms with Gasteiger partial charge in [0.1, 0.15) is 28.0 Å². The SMILES string of the molecule is COc1ccc(NC(=O)/C(C#N)=C/c2cc(Br)c(OS(=O)(=O)c3ccc(NC(C)=O)cc3)c(OC)c2)c([N+](=O)[O-])c1. The zero-order chi connectivity index (χ0) is 30.3. The molecular formula is C26H21BrN4O9S. The molecule has 0 saturated heterocycles. The minimum Gasteiger partial charge on any atom is -0.496 e. The van der Waals surface area contributed by atoms with Crippen molar-refractivity contribution >= 4 is 61.0 Å². The second-order valence-corrected chi connectivity index (χ2v) is 10.4. The molecule has 2 amide bonds. The summed E-state index contributed by atoms with van der Waals surface area (Å²) in [5.74, 6) is -1.30. The molecule has 0 aliphatic heterocycles. The van der Waals surface area contributed by atoms with Crippen molar-refractivity contribution in [3.8, 4) is 23.3 Å². The van der Waals surface area contributed by atoms with Crippen molar-refractivity contribution in [2.45, 2.75) is 11.8 Å². The Bertz CT molecular complexity index is 1700. The number of rotatable bonds is 10. The standard InChI is InChI=1S/C26H21BrN4O9S/c1-15(32)29-18-4-7-20(8-5-18)41(36,37)40-25-21(27)11-16(12-24(25)39-3)10-17(14-28)26(33)30-22-9-6-19(38-2)13-23(22)31(34)35/h4-13H,1-3H3,(H,29,32)(H,30,33)/b17-10+. The van der Waals surface area contributed by atoms with Gasteiger partial charge in [-0.05, 0) is 76.1 Å². The van der Waals surface area contributed by atoms with Gasteiger partial charge in [-0.2, -0.15) is 13.7 Å². The van der Waals surface area contributed by atoms with E-state index in [2.05, 4.69) is 26.6 Å². The molecule has 3 aromatic carbocycles. The summed E-state index contributed by atoms with van der Waals surface area (Å²) in [6.45, 7) is 1.31. The number of ether oxygens (including phenoxy) is 2. The summed E-state index contributed by atoms with van der Waals surface area (Å²) in [5.41, 5.74) is -0.365. The van der Waals surface area contributed by atoms with Crippen LogP contribution in [-0.2, 0) is 19.7 Å². The number of hydrogen-bond donors (Lipinski definition) is 2. The fourth-order valence-electron chi connectivity index (χ4n) is 3.37. The Morgan fingerprint density at radius 2 is 1.73 bits per heavy atom. The third-order valence-corrected chi connectivity index (χ3v) is 7.06. The first-order valence-corrected chi connectivity index (χ1v) is 13.5. The maximum atomic E-state index is 12.9. The van der Waals surface area contributed by atoms with E-state index in [9.17, 15) is 33.4 Å². The largest absolute Gasteiger partial charge is 0.496 e. The third-order valence-electron chi connectivity index (χ3n) is 5.23. The molecule has 0 bridgehead atoms. The third kappa shape index (κ3) is 7.59. The van der Waals surface area contributed by atoms with Crippen LogP contribution in [0.2, 0.25) is 0 Å². The average molecular weight is 645 g/mol. The maximum Gasteiger partial charge on any atom is 0.339 e. The van der Waals surface area contributed by atoms with E-state index in [1.807, 2.05) is 0 Å². The summed E-state index contributed by atoms with van der Waals surface area (Å²) < 4.78 is 41.5. The number of halogens is 1. The second-order valence-electron chi connectivity index (χ2n) is 8.04. The molecule has 3 rings (SSSR count). The quantitative estimate of drug-likeness (QED) is 0.103. The normalized spacial score (nSPS) is 11.1. The predicted octanol–water partition coefficient (Wildman–Crippen LogP) is 4.65. The molecule has 2 N–H and O–H groups in total. The van der Waals surface area contributed by atoms with Gasteiger partial charge in [-0.3, -0.25) is 19.7 Å². The lowest BCUT2D eigenvalue weighted by Crippen LogP contribution is -2.14. The van der Waals surface area contributed by atoms with E-state index < -0.39 is 32.2 Å². The van der Waals surface area contributed by atoms with Crippen LogP contribution in [-0.4, -0.2) is 39.4 Å². The van der Waals surface area contributed by atoms with Crippen molar-refractivity contribution in [2.75, 3.05) is 24.9 Å². The molecule has 13 nitrogen and oxygen atoms in total. The Morgan fingerprint density at radius 1 is 1.05 bits per heavy atom. The zero-order valence-electron chi connectivity index (χ0n) is 21.6. The molecule has 3 aromatic rings. The summed E-state index contributed by atoms with van der Waals surface area (Å²) in [4.78, 5) is 34.5. The molecule has 0 atom stereocenters. The van der Waals surface area contributed by atoms with Crippen LogP contribution in [0, 0.1) is 21.4 Å². The predicted molar refractivity (Wildman–Crippen MR) is 151 cm³/mol. The lowest BCUT2D eigenvalue weighted by Gasteiger charge is -2.14. The Hall–Kier alpha value is -4.94. The summed E-state index contributed by atoms with van der Waals surface area (Å²) in [5, 5.41) is 25.9. The highest BCUT2D eigenvalue weighted by molar-refractivity contribution is 9.10. The van der Waals surface area contributed by atoms with E-state index >= 15 is 0 Å². The topological polar surface area (TPSA) is 187 Å². The molecule has 0 saturated carbocycles. The van der Waals surface area contributed by atoms with E-state index in [0.29, 0.717) is 5.69 Å². The summed E-state index contributed by atoms with van der Waals surface area (Å²) in [7, 11) is -1.74. The van der Waals surface area contributed by atoms with Crippen LogP contribution in [0.4, 0.5) is 17.1 Å². The van der Waals surface area contributed by atoms with Gasteiger partial charge in [0.2, 0.25) is 5.91 Å². The first-order chi connectivity index (χ1) is 19.4. The monoisotopic (exact) mass is 644 g/mol. The van der Waals surface area contributed by atoms with E-state index in [4.69, 9.17) is 13.7 Å². The highest BCUT2D eigenvalue weighted by Crippen LogP contribution is 2.39. The van der Waals surface area contributed by atoms with E-state index in [0.717, 1.165) is 6.07 Å². The first kappa shape index (κ1) is 30.6. The van der Waals surface area contributed by atoms with E-state index in [1.165, 1.54) is 75.8 Å². The minimum absolute atomic E-state index is 0.0486. The summed E-state index contributed by atoms with van der Waals surface area (Å²) in [6, 6.07) is 13.5. The molecule has 0 aliphatic rings. The number of methoxy groups -OCH3 is 2. The van der Waals surface area contributed by atoms with Crippen molar-refractivity contribution in [3.05, 3.63) is 80.3 Å². The number of nitro groups is 1. The molecule has 0 unspecified atom stereocenters. The van der Waals surface area contributed by atoms with Crippen LogP contribution in [0.1, 0.15) is 12.5 Å². The number of anilines is 2. The van der Waals surface area contributed by atoms with Gasteiger partial charge in [-0.15, -0.1) is 0 Å². The number of nitrogens with one attached hydrogen (secondary N) is 2. The van der Waals surface area contributed by atoms with Crippen LogP contribution in [0.25, 0.3) is 6.08 Å². The lowest BCUT2D eigenvalue weighted by atomic mass is 10.1. The number of amides is 2. The summed E-state index contributed by atoms with van der Waals surface area (Å²) in [6.07, 6.45) is 1.18. The van der Waals surface area contributed by atoms with Gasteiger partial charge in [0.25, 0.3) is 11.6 Å². The smallest absolute Gasteiger partial charge is 0.339 e. The van der Waals surface area contributed by atoms with Gasteiger partial charge in [-0.25, -0.2) is 0 Å². The Labute approximate surface area is 242 Å². The maximum absolute atomic E-state index is 12.9. The Kier molecular flexibility index (Phi) is 9.66. The summed E-state index contributed by atoms with van der Waals surface area (Å²) >= 11 is 3.23. The number of benzene rings is 3. The highest BCUT2D eigenvalue weighted by Gasteiger charge is 2.23. The Balaban J connectivity index is 1.90. The van der Waals surface area contributed by atoms with Gasteiger partial charge in [0.15, 0.2) is 11.5 Å². The Morgan fingerprint density at radius 3 is 2.29 bits per heavy atom. The molecular weight excluding hydrogens is 624 g/mol. The lowest BCUT2D eigenvalue weighted by molar-refractivity contribution is -0.384. The van der Waals surface area contributed by atoms with Crippen molar-refractivity contribution in [3.63, 3.8) is 0 Å². The molecule has 0 aliphatic carbocycles. The number of carbonyl (C=O) groups excluding carboxylic acids is 2. The number of nitro benzene ring substituents is 1. The number of nitrogens with zero attached hydrogens (tertiary/aromatic N) is 2. The van der Waals surface area contributed by atoms with Crippen molar-refractivity contribution in [2.24, 2.45) is 0 Å². The fourth-order valence-corrected chi connectivity index (χ4v) is 4.97. The zero-order valence-corrected chi connectivity index (χ0v) is 24.0. The van der Waals surface area contributed by atoms with Gasteiger partial charge in [-0.1, -0.05) is 0 Å². The van der Waals surface area contributed by atoms with Crippen molar-refractivity contribution in [1.82, 2.24) is 0 Å². The molecule has 0 fully saturated rings. The molecule has 0 radical (unpaired) electrons. The van der Waals surface area contributed by atoms with Gasteiger partial charge >= 0.3 is 10.1 Å². The average Bonchev–Trinajstić information content (AvgIpc) is 2.92. The van der Waals surface area contributed by atoms with Crippen molar-refractivity contribution in [1.29, 1.82) is 5.26 Å². The molecule has 41 heavy (non-hydrogen) atoms. The highest BCUT2D eigenvalue weighted by atomic mass is 79.9. The van der Waals surface area contributed by atoms with Crippen LogP contribution in [0.15, 0.2) is 69.5 Å². The van der Waals surface area contributed by atoms with E-state index in [1.54, 1.807) is 6.07 Å². The first-order valence-electron chi connectivity index (χ1n) is 11.3. The van der Waals surface area contributed by atoms with Crippen LogP contribution >= 0.6 is 15.9 Å². The number of carbonyl (C=O) groups is 2. The van der Waals surface area contributed by atoms with E-state index in [-0.39, 0.29) is 43.8 Å². The van der Waals surface area contributed by atoms with Crippen LogP contribution in [0.5, 0.6) is 17.2 Å². The van der Waals surface area contributed by atoms with Gasteiger partial charge in [0.05, 0.1) is 29.7 Å². The van der Waals surface area contributed by atoms with Gasteiger partial charge in [0, 0.05) is 12.6 Å². The second kappa shape index (κ2) is 12.9. The molecule has 15 heteroatoms. The number of nitriles is 1. The van der Waals surface area contributed by atoms with Crippen LogP contribution < -0.4 is 24.3 Å². The number of hydrogen-bond acceptors (Lipinski definition) is 10.